The Morgan fingerprint density at radius 3 is 1.76 bits per heavy atom. The van der Waals surface area contributed by atoms with Gasteiger partial charge in [-0.1, -0.05) is 41.5 Å². The van der Waals surface area contributed by atoms with Crippen molar-refractivity contribution in [1.82, 2.24) is 10.6 Å². The highest BCUT2D eigenvalue weighted by atomic mass is 16.5. The quantitative estimate of drug-likeness (QED) is 0.584. The molecule has 0 aliphatic heterocycles. The molecule has 0 rings (SSSR count). The Bertz CT molecular complexity index is 192. The van der Waals surface area contributed by atoms with Gasteiger partial charge in [-0.25, -0.2) is 0 Å². The van der Waals surface area contributed by atoms with Crippen LogP contribution in [0.3, 0.4) is 0 Å². The monoisotopic (exact) mass is 304 g/mol. The number of hydrogen-bond donors (Lipinski definition) is 2. The second-order valence-electron chi connectivity index (χ2n) is 6.26. The maximum absolute atomic E-state index is 6.00. The first kappa shape index (κ1) is 25.8. The lowest BCUT2D eigenvalue weighted by molar-refractivity contribution is -0.0349. The zero-order valence-corrected chi connectivity index (χ0v) is 16.7. The molecule has 0 aromatic carbocycles. The van der Waals surface area contributed by atoms with Crippen LogP contribution in [0.4, 0.5) is 0 Å². The fourth-order valence-corrected chi connectivity index (χ4v) is 1.93. The molecule has 0 aliphatic rings. The van der Waals surface area contributed by atoms with Gasteiger partial charge < -0.3 is 15.4 Å². The summed E-state index contributed by atoms with van der Waals surface area (Å²) in [6, 6.07) is 0. The molecule has 0 heterocycles. The molecule has 0 atom stereocenters. The van der Waals surface area contributed by atoms with Crippen molar-refractivity contribution in [2.75, 3.05) is 33.8 Å². The first-order valence-electron chi connectivity index (χ1n) is 8.76. The van der Waals surface area contributed by atoms with Crippen molar-refractivity contribution >= 4 is 0 Å². The van der Waals surface area contributed by atoms with Crippen molar-refractivity contribution in [2.24, 2.45) is 5.41 Å². The average molecular weight is 305 g/mol. The molecule has 0 radical (unpaired) electrons. The first-order valence-corrected chi connectivity index (χ1v) is 8.76. The Labute approximate surface area is 135 Å². The largest absolute Gasteiger partial charge is 0.376 e. The second kappa shape index (κ2) is 16.3. The molecule has 132 valence electrons. The molecule has 3 nitrogen and oxygen atoms in total. The molecule has 21 heavy (non-hydrogen) atoms. The SMILES string of the molecule is CC.CC.CNCCCC(C)(C)OCCC(C)(C)CNC. The summed E-state index contributed by atoms with van der Waals surface area (Å²) in [6.45, 7) is 19.9. The van der Waals surface area contributed by atoms with E-state index in [1.165, 1.54) is 6.42 Å². The van der Waals surface area contributed by atoms with E-state index in [-0.39, 0.29) is 5.60 Å². The molecule has 0 aromatic heterocycles. The van der Waals surface area contributed by atoms with Crippen LogP contribution in [-0.4, -0.2) is 39.4 Å². The van der Waals surface area contributed by atoms with E-state index in [2.05, 4.69) is 38.3 Å². The van der Waals surface area contributed by atoms with Gasteiger partial charge in [-0.3, -0.25) is 0 Å². The normalized spacial score (nSPS) is 11.1. The van der Waals surface area contributed by atoms with Crippen LogP contribution in [0, 0.1) is 5.41 Å². The van der Waals surface area contributed by atoms with Gasteiger partial charge in [0.15, 0.2) is 0 Å². The summed E-state index contributed by atoms with van der Waals surface area (Å²) in [5.74, 6) is 0. The summed E-state index contributed by atoms with van der Waals surface area (Å²) >= 11 is 0. The van der Waals surface area contributed by atoms with Gasteiger partial charge in [0.05, 0.1) is 5.60 Å². The molecule has 2 N–H and O–H groups in total. The lowest BCUT2D eigenvalue weighted by atomic mass is 9.89. The van der Waals surface area contributed by atoms with Crippen molar-refractivity contribution < 1.29 is 4.74 Å². The summed E-state index contributed by atoms with van der Waals surface area (Å²) in [5, 5.41) is 6.41. The molecule has 0 aliphatic carbocycles. The van der Waals surface area contributed by atoms with Gasteiger partial charge in [-0.15, -0.1) is 0 Å². The van der Waals surface area contributed by atoms with Crippen LogP contribution in [0.5, 0.6) is 0 Å². The second-order valence-corrected chi connectivity index (χ2v) is 6.26. The third-order valence-electron chi connectivity index (χ3n) is 3.13. The van der Waals surface area contributed by atoms with Crippen molar-refractivity contribution in [3.8, 4) is 0 Å². The van der Waals surface area contributed by atoms with Crippen LogP contribution in [0.2, 0.25) is 0 Å². The summed E-state index contributed by atoms with van der Waals surface area (Å²) in [6.07, 6.45) is 3.38. The fourth-order valence-electron chi connectivity index (χ4n) is 1.93. The first-order chi connectivity index (χ1) is 9.83. The van der Waals surface area contributed by atoms with E-state index in [0.29, 0.717) is 5.41 Å². The van der Waals surface area contributed by atoms with E-state index in [1.807, 2.05) is 41.8 Å². The minimum Gasteiger partial charge on any atom is -0.376 e. The number of ether oxygens (including phenoxy) is 1. The average Bonchev–Trinajstić information content (AvgIpc) is 2.43. The van der Waals surface area contributed by atoms with E-state index in [9.17, 15) is 0 Å². The van der Waals surface area contributed by atoms with Gasteiger partial charge >= 0.3 is 0 Å². The van der Waals surface area contributed by atoms with Crippen LogP contribution >= 0.6 is 0 Å². The molecule has 0 unspecified atom stereocenters. The zero-order chi connectivity index (χ0) is 17.4. The molecule has 3 heteroatoms. The lowest BCUT2D eigenvalue weighted by Gasteiger charge is -2.29. The minimum absolute atomic E-state index is 0.00652. The topological polar surface area (TPSA) is 33.3 Å². The van der Waals surface area contributed by atoms with Gasteiger partial charge in [0, 0.05) is 13.2 Å². The maximum atomic E-state index is 6.00. The van der Waals surface area contributed by atoms with Gasteiger partial charge in [0.1, 0.15) is 0 Å². The highest BCUT2D eigenvalue weighted by molar-refractivity contribution is 4.73. The van der Waals surface area contributed by atoms with Crippen molar-refractivity contribution in [3.05, 3.63) is 0 Å². The van der Waals surface area contributed by atoms with E-state index in [0.717, 1.165) is 32.5 Å². The molecule has 0 saturated carbocycles. The van der Waals surface area contributed by atoms with Crippen LogP contribution in [0.15, 0.2) is 0 Å². The third kappa shape index (κ3) is 19.9. The third-order valence-corrected chi connectivity index (χ3v) is 3.13. The highest BCUT2D eigenvalue weighted by Gasteiger charge is 2.21. The standard InChI is InChI=1S/C14H32N2O.2C2H6/c1-13(2,12-16-6)9-11-17-14(3,4)8-7-10-15-5;2*1-2/h15-16H,7-12H2,1-6H3;2*1-2H3. The molecule has 0 bridgehead atoms. The molecule has 0 amide bonds. The Balaban J connectivity index is -0.000000739. The molecule has 0 fully saturated rings. The van der Waals surface area contributed by atoms with Gasteiger partial charge in [0.25, 0.3) is 0 Å². The van der Waals surface area contributed by atoms with Crippen LogP contribution < -0.4 is 10.6 Å². The molecule has 0 spiro atoms. The smallest absolute Gasteiger partial charge is 0.0627 e. The van der Waals surface area contributed by atoms with Crippen molar-refractivity contribution in [2.45, 2.75) is 80.3 Å². The molecular formula is C18H44N2O. The van der Waals surface area contributed by atoms with E-state index in [4.69, 9.17) is 4.74 Å². The van der Waals surface area contributed by atoms with Gasteiger partial charge in [0.2, 0.25) is 0 Å². The summed E-state index contributed by atoms with van der Waals surface area (Å²) < 4.78 is 6.00. The Morgan fingerprint density at radius 1 is 0.810 bits per heavy atom. The number of nitrogens with one attached hydrogen (secondary N) is 2. The molecule has 0 saturated heterocycles. The van der Waals surface area contributed by atoms with E-state index >= 15 is 0 Å². The number of hydrogen-bond acceptors (Lipinski definition) is 3. The Kier molecular flexibility index (Phi) is 20.0. The highest BCUT2D eigenvalue weighted by Crippen LogP contribution is 2.22. The summed E-state index contributed by atoms with van der Waals surface area (Å²) in [7, 11) is 4.00. The number of rotatable bonds is 10. The van der Waals surface area contributed by atoms with Crippen LogP contribution in [0.1, 0.15) is 74.7 Å². The Morgan fingerprint density at radius 2 is 1.33 bits per heavy atom. The van der Waals surface area contributed by atoms with Crippen LogP contribution in [-0.2, 0) is 4.74 Å². The lowest BCUT2D eigenvalue weighted by Crippen LogP contribution is -2.31. The summed E-state index contributed by atoms with van der Waals surface area (Å²) in [5.41, 5.74) is 0.322. The van der Waals surface area contributed by atoms with Crippen LogP contribution in [0.25, 0.3) is 0 Å². The molecule has 0 aromatic rings. The van der Waals surface area contributed by atoms with Crippen molar-refractivity contribution in [1.29, 1.82) is 0 Å². The van der Waals surface area contributed by atoms with Gasteiger partial charge in [-0.2, -0.15) is 0 Å². The van der Waals surface area contributed by atoms with Gasteiger partial charge in [-0.05, 0) is 59.2 Å². The zero-order valence-electron chi connectivity index (χ0n) is 16.7. The molecular weight excluding hydrogens is 260 g/mol. The maximum Gasteiger partial charge on any atom is 0.0627 e. The van der Waals surface area contributed by atoms with E-state index in [1.54, 1.807) is 0 Å². The Hall–Kier alpha value is -0.120. The van der Waals surface area contributed by atoms with Crippen molar-refractivity contribution in [3.63, 3.8) is 0 Å². The predicted octanol–water partition coefficient (Wildman–Crippen LogP) is 4.47. The van der Waals surface area contributed by atoms with E-state index < -0.39 is 0 Å². The predicted molar refractivity (Wildman–Crippen MR) is 98.2 cm³/mol. The fraction of sp³-hybridized carbons (Fsp3) is 1.00. The minimum atomic E-state index is 0.00652. The summed E-state index contributed by atoms with van der Waals surface area (Å²) in [4.78, 5) is 0.